The predicted molar refractivity (Wildman–Crippen MR) is 174 cm³/mol. The van der Waals surface area contributed by atoms with Crippen molar-refractivity contribution < 1.29 is 0 Å². The highest BCUT2D eigenvalue weighted by molar-refractivity contribution is 5.99. The summed E-state index contributed by atoms with van der Waals surface area (Å²) in [6.07, 6.45) is 7.04. The predicted octanol–water partition coefficient (Wildman–Crippen LogP) is 10.2. The van der Waals surface area contributed by atoms with Crippen molar-refractivity contribution in [2.45, 2.75) is 52.4 Å². The van der Waals surface area contributed by atoms with Crippen LogP contribution in [0.25, 0.3) is 44.5 Å². The van der Waals surface area contributed by atoms with E-state index in [4.69, 9.17) is 11.5 Å². The van der Waals surface area contributed by atoms with E-state index >= 15 is 0 Å². The average molecular weight is 525 g/mol. The minimum atomic E-state index is 0.776. The number of unbranched alkanes of at least 4 members (excludes halogenated alkanes) is 2. The van der Waals surface area contributed by atoms with Gasteiger partial charge in [-0.3, -0.25) is 0 Å². The van der Waals surface area contributed by atoms with Crippen molar-refractivity contribution >= 4 is 11.4 Å². The van der Waals surface area contributed by atoms with Crippen LogP contribution >= 0.6 is 0 Å². The number of rotatable bonds is 10. The molecule has 5 rings (SSSR count). The number of hydrogen-bond acceptors (Lipinski definition) is 2. The van der Waals surface area contributed by atoms with Gasteiger partial charge in [-0.1, -0.05) is 118 Å². The number of nitrogens with two attached hydrogens (primary N) is 2. The first kappa shape index (κ1) is 27.3. The van der Waals surface area contributed by atoms with Crippen LogP contribution in [0.2, 0.25) is 0 Å². The van der Waals surface area contributed by atoms with Crippen molar-refractivity contribution in [1.29, 1.82) is 0 Å². The number of nitrogen functional groups attached to an aromatic ring is 2. The Morgan fingerprint density at radius 2 is 0.850 bits per heavy atom. The van der Waals surface area contributed by atoms with E-state index in [1.165, 1.54) is 64.6 Å². The Kier molecular flexibility index (Phi) is 8.66. The van der Waals surface area contributed by atoms with E-state index in [0.29, 0.717) is 0 Å². The van der Waals surface area contributed by atoms with Gasteiger partial charge in [-0.05, 0) is 94.0 Å². The largest absolute Gasteiger partial charge is 0.399 e. The standard InChI is InChI=1S/C38H40N2/c1-3-5-7-27-9-13-32(14-10-27)37-35(31-19-17-29(18-20-31)30-21-23-34(39)24-22-30)25-26-36(40)38(37)33-15-11-28(12-16-33)8-6-4-2/h9-26H,3-8,39-40H2,1-2H3. The van der Waals surface area contributed by atoms with Crippen LogP contribution in [0.15, 0.2) is 109 Å². The van der Waals surface area contributed by atoms with Crippen molar-refractivity contribution in [1.82, 2.24) is 0 Å². The Balaban J connectivity index is 1.61. The summed E-state index contributed by atoms with van der Waals surface area (Å²) in [5.41, 5.74) is 26.3. The van der Waals surface area contributed by atoms with Crippen LogP contribution in [-0.2, 0) is 12.8 Å². The molecule has 0 atom stereocenters. The second-order valence-electron chi connectivity index (χ2n) is 10.8. The van der Waals surface area contributed by atoms with Gasteiger partial charge in [-0.25, -0.2) is 0 Å². The molecule has 2 nitrogen and oxygen atoms in total. The van der Waals surface area contributed by atoms with Gasteiger partial charge in [0.15, 0.2) is 0 Å². The molecule has 0 saturated heterocycles. The monoisotopic (exact) mass is 524 g/mol. The molecule has 2 heteroatoms. The molecule has 40 heavy (non-hydrogen) atoms. The second-order valence-corrected chi connectivity index (χ2v) is 10.8. The lowest BCUT2D eigenvalue weighted by Gasteiger charge is -2.19. The maximum Gasteiger partial charge on any atom is 0.0400 e. The Bertz CT molecular complexity index is 1530. The molecule has 0 unspecified atom stereocenters. The number of hydrogen-bond donors (Lipinski definition) is 2. The van der Waals surface area contributed by atoms with Gasteiger partial charge in [-0.15, -0.1) is 0 Å². The third-order valence-electron chi connectivity index (χ3n) is 7.80. The number of benzene rings is 5. The summed E-state index contributed by atoms with van der Waals surface area (Å²) in [6.45, 7) is 4.48. The normalized spacial score (nSPS) is 11.1. The highest BCUT2D eigenvalue weighted by atomic mass is 14.6. The molecule has 0 heterocycles. The zero-order chi connectivity index (χ0) is 27.9. The molecule has 0 aliphatic heterocycles. The summed E-state index contributed by atoms with van der Waals surface area (Å²) < 4.78 is 0. The van der Waals surface area contributed by atoms with Crippen molar-refractivity contribution in [2.24, 2.45) is 0 Å². The molecule has 0 aliphatic carbocycles. The molecule has 4 N–H and O–H groups in total. The highest BCUT2D eigenvalue weighted by Crippen LogP contribution is 2.44. The summed E-state index contributed by atoms with van der Waals surface area (Å²) in [5.74, 6) is 0. The first-order valence-corrected chi connectivity index (χ1v) is 14.6. The molecular formula is C38H40N2. The molecule has 0 amide bonds. The minimum Gasteiger partial charge on any atom is -0.399 e. The van der Waals surface area contributed by atoms with Crippen LogP contribution < -0.4 is 11.5 Å². The summed E-state index contributed by atoms with van der Waals surface area (Å²) in [5, 5.41) is 0. The molecule has 0 aromatic heterocycles. The molecule has 202 valence electrons. The van der Waals surface area contributed by atoms with Crippen molar-refractivity contribution in [3.63, 3.8) is 0 Å². The van der Waals surface area contributed by atoms with Gasteiger partial charge in [0.25, 0.3) is 0 Å². The lowest BCUT2D eigenvalue weighted by molar-refractivity contribution is 0.795. The fourth-order valence-corrected chi connectivity index (χ4v) is 5.43. The second kappa shape index (κ2) is 12.7. The van der Waals surface area contributed by atoms with Crippen LogP contribution in [0.4, 0.5) is 11.4 Å². The van der Waals surface area contributed by atoms with E-state index in [1.807, 2.05) is 12.1 Å². The Morgan fingerprint density at radius 3 is 1.35 bits per heavy atom. The Hall–Kier alpha value is -4.30. The van der Waals surface area contributed by atoms with Gasteiger partial charge in [0.05, 0.1) is 0 Å². The van der Waals surface area contributed by atoms with Gasteiger partial charge < -0.3 is 11.5 Å². The van der Waals surface area contributed by atoms with E-state index in [-0.39, 0.29) is 0 Å². The first-order chi connectivity index (χ1) is 19.6. The topological polar surface area (TPSA) is 52.0 Å². The third kappa shape index (κ3) is 6.13. The average Bonchev–Trinajstić information content (AvgIpc) is 3.00. The SMILES string of the molecule is CCCCc1ccc(-c2c(N)ccc(-c3ccc(-c4ccc(N)cc4)cc3)c2-c2ccc(CCCC)cc2)cc1. The van der Waals surface area contributed by atoms with E-state index < -0.39 is 0 Å². The van der Waals surface area contributed by atoms with Crippen LogP contribution in [-0.4, -0.2) is 0 Å². The van der Waals surface area contributed by atoms with Crippen molar-refractivity contribution in [3.8, 4) is 44.5 Å². The fraction of sp³-hybridized carbons (Fsp3) is 0.211. The quantitative estimate of drug-likeness (QED) is 0.179. The maximum absolute atomic E-state index is 6.75. The molecule has 5 aromatic carbocycles. The summed E-state index contributed by atoms with van der Waals surface area (Å²) >= 11 is 0. The van der Waals surface area contributed by atoms with Gasteiger partial charge in [0, 0.05) is 16.9 Å². The van der Waals surface area contributed by atoms with E-state index in [2.05, 4.69) is 111 Å². The molecule has 0 saturated carbocycles. The molecule has 0 aliphatic rings. The van der Waals surface area contributed by atoms with E-state index in [1.54, 1.807) is 0 Å². The lowest BCUT2D eigenvalue weighted by atomic mass is 9.85. The molecule has 0 bridgehead atoms. The first-order valence-electron chi connectivity index (χ1n) is 14.6. The maximum atomic E-state index is 6.75. The van der Waals surface area contributed by atoms with Gasteiger partial charge >= 0.3 is 0 Å². The summed E-state index contributed by atoms with van der Waals surface area (Å²) in [4.78, 5) is 0. The van der Waals surface area contributed by atoms with Crippen molar-refractivity contribution in [3.05, 3.63) is 120 Å². The zero-order valence-electron chi connectivity index (χ0n) is 23.8. The van der Waals surface area contributed by atoms with Gasteiger partial charge in [-0.2, -0.15) is 0 Å². The summed E-state index contributed by atoms with van der Waals surface area (Å²) in [7, 11) is 0. The Labute approximate surface area is 239 Å². The molecule has 0 radical (unpaired) electrons. The molecule has 0 fully saturated rings. The number of anilines is 2. The van der Waals surface area contributed by atoms with Crippen molar-refractivity contribution in [2.75, 3.05) is 11.5 Å². The fourth-order valence-electron chi connectivity index (χ4n) is 5.43. The Morgan fingerprint density at radius 1 is 0.425 bits per heavy atom. The highest BCUT2D eigenvalue weighted by Gasteiger charge is 2.17. The summed E-state index contributed by atoms with van der Waals surface area (Å²) in [6, 6.07) is 39.2. The lowest BCUT2D eigenvalue weighted by Crippen LogP contribution is -1.97. The molecular weight excluding hydrogens is 484 g/mol. The van der Waals surface area contributed by atoms with E-state index in [0.717, 1.165) is 40.9 Å². The van der Waals surface area contributed by atoms with E-state index in [9.17, 15) is 0 Å². The number of aryl methyl sites for hydroxylation is 2. The molecule has 5 aromatic rings. The molecule has 0 spiro atoms. The van der Waals surface area contributed by atoms with Crippen LogP contribution in [0.1, 0.15) is 50.7 Å². The van der Waals surface area contributed by atoms with Gasteiger partial charge in [0.2, 0.25) is 0 Å². The van der Waals surface area contributed by atoms with Crippen LogP contribution in [0.5, 0.6) is 0 Å². The van der Waals surface area contributed by atoms with Gasteiger partial charge in [0.1, 0.15) is 0 Å². The van der Waals surface area contributed by atoms with Crippen LogP contribution in [0, 0.1) is 0 Å². The smallest absolute Gasteiger partial charge is 0.0400 e. The van der Waals surface area contributed by atoms with Crippen LogP contribution in [0.3, 0.4) is 0 Å². The zero-order valence-corrected chi connectivity index (χ0v) is 23.8. The minimum absolute atomic E-state index is 0.776. The third-order valence-corrected chi connectivity index (χ3v) is 7.80.